The highest BCUT2D eigenvalue weighted by molar-refractivity contribution is 5.98. The molecule has 1 nitrogen and oxygen atoms in total. The van der Waals surface area contributed by atoms with E-state index in [-0.39, 0.29) is 17.8 Å². The van der Waals surface area contributed by atoms with E-state index in [2.05, 4.69) is 0 Å². The lowest BCUT2D eigenvalue weighted by atomic mass is 9.98. The van der Waals surface area contributed by atoms with Crippen LogP contribution in [0.25, 0.3) is 0 Å². The van der Waals surface area contributed by atoms with E-state index in [1.54, 1.807) is 12.1 Å². The van der Waals surface area contributed by atoms with Gasteiger partial charge in [-0.1, -0.05) is 35.9 Å². The van der Waals surface area contributed by atoms with E-state index in [4.69, 9.17) is 0 Å². The Bertz CT molecular complexity index is 587. The summed E-state index contributed by atoms with van der Waals surface area (Å²) in [5.41, 5.74) is 3.07. The van der Waals surface area contributed by atoms with Crippen molar-refractivity contribution in [3.63, 3.8) is 0 Å². The molecule has 0 spiro atoms. The van der Waals surface area contributed by atoms with E-state index in [1.165, 1.54) is 6.07 Å². The molecule has 0 bridgehead atoms. The maximum absolute atomic E-state index is 13.6. The lowest BCUT2D eigenvalue weighted by molar-refractivity contribution is 0.0989. The highest BCUT2D eigenvalue weighted by Crippen LogP contribution is 2.15. The molecule has 0 saturated carbocycles. The molecule has 0 amide bonds. The maximum atomic E-state index is 13.6. The van der Waals surface area contributed by atoms with Crippen molar-refractivity contribution in [2.45, 2.75) is 20.3 Å². The molecule has 0 aromatic heterocycles. The molecule has 2 heteroatoms. The van der Waals surface area contributed by atoms with E-state index in [9.17, 15) is 9.18 Å². The topological polar surface area (TPSA) is 17.1 Å². The molecular weight excluding hydrogens is 227 g/mol. The van der Waals surface area contributed by atoms with Crippen molar-refractivity contribution < 1.29 is 9.18 Å². The van der Waals surface area contributed by atoms with Crippen molar-refractivity contribution in [3.8, 4) is 0 Å². The van der Waals surface area contributed by atoms with Gasteiger partial charge in [-0.3, -0.25) is 4.79 Å². The number of halogens is 1. The van der Waals surface area contributed by atoms with Crippen LogP contribution in [0.4, 0.5) is 4.39 Å². The summed E-state index contributed by atoms with van der Waals surface area (Å²) < 4.78 is 13.6. The zero-order chi connectivity index (χ0) is 13.1. The Morgan fingerprint density at radius 2 is 1.83 bits per heavy atom. The van der Waals surface area contributed by atoms with Gasteiger partial charge in [0, 0.05) is 6.42 Å². The van der Waals surface area contributed by atoms with Crippen molar-refractivity contribution in [2.75, 3.05) is 0 Å². The number of carbonyl (C=O) groups is 1. The number of carbonyl (C=O) groups excluding carboxylic acids is 1. The summed E-state index contributed by atoms with van der Waals surface area (Å²) in [6.07, 6.45) is 0.243. The van der Waals surface area contributed by atoms with Gasteiger partial charge in [-0.15, -0.1) is 0 Å². The van der Waals surface area contributed by atoms with Crippen molar-refractivity contribution in [1.82, 2.24) is 0 Å². The van der Waals surface area contributed by atoms with Crippen LogP contribution >= 0.6 is 0 Å². The fourth-order valence-electron chi connectivity index (χ4n) is 1.93. The zero-order valence-corrected chi connectivity index (χ0v) is 10.5. The van der Waals surface area contributed by atoms with Crippen LogP contribution < -0.4 is 0 Å². The first kappa shape index (κ1) is 12.5. The van der Waals surface area contributed by atoms with Gasteiger partial charge in [-0.2, -0.15) is 0 Å². The van der Waals surface area contributed by atoms with Gasteiger partial charge < -0.3 is 0 Å². The Morgan fingerprint density at radius 1 is 1.11 bits per heavy atom. The molecule has 0 atom stereocenters. The number of hydrogen-bond donors (Lipinski definition) is 0. The smallest absolute Gasteiger partial charge is 0.170 e. The molecule has 0 unspecified atom stereocenters. The first-order valence-electron chi connectivity index (χ1n) is 5.92. The fourth-order valence-corrected chi connectivity index (χ4v) is 1.93. The molecule has 0 saturated heterocycles. The largest absolute Gasteiger partial charge is 0.294 e. The van der Waals surface area contributed by atoms with Crippen LogP contribution in [-0.2, 0) is 6.42 Å². The van der Waals surface area contributed by atoms with Crippen LogP contribution in [0, 0.1) is 19.7 Å². The number of Topliss-reactive ketones (excluding diaryl/α,β-unsaturated/α-hetero) is 1. The molecule has 2 aromatic carbocycles. The first-order chi connectivity index (χ1) is 8.58. The summed E-state index contributed by atoms with van der Waals surface area (Å²) in [6.45, 7) is 3.80. The SMILES string of the molecule is Cc1ccc(F)c(C(=O)Cc2ccccc2C)c1. The second-order valence-corrected chi connectivity index (χ2v) is 4.51. The molecule has 0 heterocycles. The Kier molecular flexibility index (Phi) is 3.56. The summed E-state index contributed by atoms with van der Waals surface area (Å²) in [6, 6.07) is 12.3. The first-order valence-corrected chi connectivity index (χ1v) is 5.92. The number of hydrogen-bond acceptors (Lipinski definition) is 1. The van der Waals surface area contributed by atoms with Crippen LogP contribution in [0.15, 0.2) is 42.5 Å². The van der Waals surface area contributed by atoms with Gasteiger partial charge in [0.2, 0.25) is 0 Å². The summed E-state index contributed by atoms with van der Waals surface area (Å²) in [7, 11) is 0. The fraction of sp³-hybridized carbons (Fsp3) is 0.188. The van der Waals surface area contributed by atoms with Crippen LogP contribution in [0.3, 0.4) is 0 Å². The molecule has 0 radical (unpaired) electrons. The van der Waals surface area contributed by atoms with E-state index in [0.717, 1.165) is 16.7 Å². The van der Waals surface area contributed by atoms with E-state index >= 15 is 0 Å². The molecular formula is C16H15FO. The Morgan fingerprint density at radius 3 is 2.56 bits per heavy atom. The van der Waals surface area contributed by atoms with Crippen LogP contribution in [0.2, 0.25) is 0 Å². The average molecular weight is 242 g/mol. The molecule has 92 valence electrons. The predicted molar refractivity (Wildman–Crippen MR) is 70.4 cm³/mol. The molecule has 0 N–H and O–H groups in total. The quantitative estimate of drug-likeness (QED) is 0.747. The second kappa shape index (κ2) is 5.13. The van der Waals surface area contributed by atoms with Gasteiger partial charge in [-0.05, 0) is 37.1 Å². The number of rotatable bonds is 3. The maximum Gasteiger partial charge on any atom is 0.170 e. The average Bonchev–Trinajstić information content (AvgIpc) is 2.35. The molecule has 0 fully saturated rings. The van der Waals surface area contributed by atoms with Crippen LogP contribution in [0.5, 0.6) is 0 Å². The third-order valence-corrected chi connectivity index (χ3v) is 3.03. The molecule has 18 heavy (non-hydrogen) atoms. The van der Waals surface area contributed by atoms with Gasteiger partial charge in [0.1, 0.15) is 5.82 Å². The van der Waals surface area contributed by atoms with Gasteiger partial charge in [-0.25, -0.2) is 4.39 Å². The van der Waals surface area contributed by atoms with Crippen LogP contribution in [0.1, 0.15) is 27.0 Å². The summed E-state index contributed by atoms with van der Waals surface area (Å²) in [5, 5.41) is 0. The third-order valence-electron chi connectivity index (χ3n) is 3.03. The molecule has 2 aromatic rings. The molecule has 0 aliphatic rings. The monoisotopic (exact) mass is 242 g/mol. The van der Waals surface area contributed by atoms with Crippen molar-refractivity contribution >= 4 is 5.78 Å². The minimum absolute atomic E-state index is 0.175. The molecule has 0 aliphatic carbocycles. The minimum atomic E-state index is -0.445. The normalized spacial score (nSPS) is 10.4. The lowest BCUT2D eigenvalue weighted by Gasteiger charge is -2.06. The van der Waals surface area contributed by atoms with Crippen molar-refractivity contribution in [2.24, 2.45) is 0 Å². The zero-order valence-electron chi connectivity index (χ0n) is 10.5. The third kappa shape index (κ3) is 2.65. The number of aryl methyl sites for hydroxylation is 2. The minimum Gasteiger partial charge on any atom is -0.294 e. The second-order valence-electron chi connectivity index (χ2n) is 4.51. The van der Waals surface area contributed by atoms with E-state index in [1.807, 2.05) is 38.1 Å². The van der Waals surface area contributed by atoms with Crippen molar-refractivity contribution in [1.29, 1.82) is 0 Å². The number of benzene rings is 2. The summed E-state index contributed by atoms with van der Waals surface area (Å²) >= 11 is 0. The Labute approximate surface area is 106 Å². The van der Waals surface area contributed by atoms with Gasteiger partial charge in [0.05, 0.1) is 5.56 Å². The van der Waals surface area contributed by atoms with E-state index < -0.39 is 5.82 Å². The van der Waals surface area contributed by atoms with E-state index in [0.29, 0.717) is 0 Å². The van der Waals surface area contributed by atoms with Gasteiger partial charge in [0.15, 0.2) is 5.78 Å². The highest BCUT2D eigenvalue weighted by Gasteiger charge is 2.13. The van der Waals surface area contributed by atoms with Gasteiger partial charge in [0.25, 0.3) is 0 Å². The predicted octanol–water partition coefficient (Wildman–Crippen LogP) is 3.87. The van der Waals surface area contributed by atoms with Crippen LogP contribution in [-0.4, -0.2) is 5.78 Å². The summed E-state index contributed by atoms with van der Waals surface area (Å²) in [4.78, 5) is 12.1. The van der Waals surface area contributed by atoms with Gasteiger partial charge >= 0.3 is 0 Å². The molecule has 0 aliphatic heterocycles. The highest BCUT2D eigenvalue weighted by atomic mass is 19.1. The Balaban J connectivity index is 2.28. The standard InChI is InChI=1S/C16H15FO/c1-11-7-8-15(17)14(9-11)16(18)10-13-6-4-3-5-12(13)2/h3-9H,10H2,1-2H3. The number of ketones is 1. The lowest BCUT2D eigenvalue weighted by Crippen LogP contribution is -2.07. The molecule has 2 rings (SSSR count). The van der Waals surface area contributed by atoms with Crippen molar-refractivity contribution in [3.05, 3.63) is 70.5 Å². The summed E-state index contributed by atoms with van der Waals surface area (Å²) in [5.74, 6) is -0.621. The Hall–Kier alpha value is -1.96.